The minimum Gasteiger partial charge on any atom is -0.478 e. The molecule has 0 atom stereocenters. The van der Waals surface area contributed by atoms with Crippen molar-refractivity contribution in [3.8, 4) is 0 Å². The molecule has 0 saturated carbocycles. The number of aldehydes is 1. The van der Waals surface area contributed by atoms with Crippen LogP contribution in [0.2, 0.25) is 0 Å². The molecule has 0 aliphatic heterocycles. The molecule has 8 heteroatoms. The lowest BCUT2D eigenvalue weighted by Crippen LogP contribution is -2.22. The van der Waals surface area contributed by atoms with E-state index in [9.17, 15) is 4.79 Å². The van der Waals surface area contributed by atoms with E-state index >= 15 is 0 Å². The SMILES string of the molecule is C=C(NN)OCCc1ccc(NC)cc1.CNc1nc(C=O)cs1. The molecule has 0 unspecified atom stereocenters. The van der Waals surface area contributed by atoms with E-state index in [1.54, 1.807) is 12.4 Å². The van der Waals surface area contributed by atoms with Crippen molar-refractivity contribution in [2.75, 3.05) is 31.3 Å². The molecule has 0 amide bonds. The van der Waals surface area contributed by atoms with Crippen molar-refractivity contribution in [3.05, 3.63) is 53.4 Å². The molecule has 0 fully saturated rings. The maximum Gasteiger partial charge on any atom is 0.193 e. The second-order valence-electron chi connectivity index (χ2n) is 4.56. The van der Waals surface area contributed by atoms with Crippen LogP contribution < -0.4 is 21.9 Å². The Morgan fingerprint density at radius 3 is 2.50 bits per heavy atom. The summed E-state index contributed by atoms with van der Waals surface area (Å²) in [5.41, 5.74) is 5.16. The third-order valence-corrected chi connectivity index (χ3v) is 3.81. The van der Waals surface area contributed by atoms with Crippen molar-refractivity contribution >= 4 is 28.4 Å². The van der Waals surface area contributed by atoms with Gasteiger partial charge in [-0.15, -0.1) is 11.3 Å². The average Bonchev–Trinajstić information content (AvgIpc) is 3.11. The molecule has 0 radical (unpaired) electrons. The first kappa shape index (κ1) is 19.5. The maximum absolute atomic E-state index is 10.1. The number of thiazole rings is 1. The summed E-state index contributed by atoms with van der Waals surface area (Å²) in [6, 6.07) is 8.19. The summed E-state index contributed by atoms with van der Waals surface area (Å²) >= 11 is 1.42. The van der Waals surface area contributed by atoms with Gasteiger partial charge in [0.25, 0.3) is 0 Å². The largest absolute Gasteiger partial charge is 0.478 e. The van der Waals surface area contributed by atoms with Crippen molar-refractivity contribution < 1.29 is 9.53 Å². The van der Waals surface area contributed by atoms with E-state index in [1.165, 1.54) is 16.9 Å². The normalized spacial score (nSPS) is 9.29. The highest BCUT2D eigenvalue weighted by Crippen LogP contribution is 2.12. The molecule has 1 aromatic heterocycles. The Labute approximate surface area is 145 Å². The Morgan fingerprint density at radius 2 is 2.04 bits per heavy atom. The smallest absolute Gasteiger partial charge is 0.193 e. The molecule has 0 aliphatic rings. The third-order valence-electron chi connectivity index (χ3n) is 2.93. The quantitative estimate of drug-likeness (QED) is 0.251. The molecule has 1 aromatic carbocycles. The highest BCUT2D eigenvalue weighted by atomic mass is 32.1. The lowest BCUT2D eigenvalue weighted by molar-refractivity contribution is 0.111. The summed E-state index contributed by atoms with van der Waals surface area (Å²) in [7, 11) is 3.67. The fourth-order valence-corrected chi connectivity index (χ4v) is 2.24. The number of carbonyl (C=O) groups excluding carboxylic acids is 1. The Balaban J connectivity index is 0.000000272. The van der Waals surface area contributed by atoms with Crippen LogP contribution in [0.4, 0.5) is 10.8 Å². The van der Waals surface area contributed by atoms with Crippen LogP contribution in [0.1, 0.15) is 16.1 Å². The number of hydrogen-bond acceptors (Lipinski definition) is 8. The van der Waals surface area contributed by atoms with E-state index < -0.39 is 0 Å². The maximum atomic E-state index is 10.1. The molecule has 0 spiro atoms. The number of nitrogens with two attached hydrogens (primary N) is 1. The Bertz CT molecular complexity index is 628. The zero-order valence-electron chi connectivity index (χ0n) is 13.8. The van der Waals surface area contributed by atoms with Crippen molar-refractivity contribution in [1.29, 1.82) is 0 Å². The van der Waals surface area contributed by atoms with Gasteiger partial charge in [0.1, 0.15) is 5.69 Å². The van der Waals surface area contributed by atoms with Gasteiger partial charge < -0.3 is 15.4 Å². The number of hydrogen-bond donors (Lipinski definition) is 4. The number of carbonyl (C=O) groups is 1. The van der Waals surface area contributed by atoms with Crippen LogP contribution in [0.5, 0.6) is 0 Å². The summed E-state index contributed by atoms with van der Waals surface area (Å²) < 4.78 is 5.21. The van der Waals surface area contributed by atoms with Crippen LogP contribution in [-0.2, 0) is 11.2 Å². The zero-order valence-corrected chi connectivity index (χ0v) is 14.7. The van der Waals surface area contributed by atoms with Gasteiger partial charge in [0.2, 0.25) is 0 Å². The lowest BCUT2D eigenvalue weighted by atomic mass is 10.1. The predicted octanol–water partition coefficient (Wildman–Crippen LogP) is 2.22. The van der Waals surface area contributed by atoms with Gasteiger partial charge in [-0.1, -0.05) is 12.1 Å². The van der Waals surface area contributed by atoms with Gasteiger partial charge in [-0.25, -0.2) is 10.8 Å². The molecule has 130 valence electrons. The van der Waals surface area contributed by atoms with E-state index in [0.29, 0.717) is 18.2 Å². The van der Waals surface area contributed by atoms with Crippen molar-refractivity contribution in [1.82, 2.24) is 10.4 Å². The molecule has 2 rings (SSSR count). The Morgan fingerprint density at radius 1 is 1.33 bits per heavy atom. The molecule has 2 aromatic rings. The molecule has 1 heterocycles. The second kappa shape index (κ2) is 11.0. The molecule has 0 saturated heterocycles. The Kier molecular flexibility index (Phi) is 8.95. The molecule has 5 N–H and O–H groups in total. The van der Waals surface area contributed by atoms with Gasteiger partial charge in [-0.2, -0.15) is 0 Å². The van der Waals surface area contributed by atoms with E-state index in [0.717, 1.165) is 23.5 Å². The zero-order chi connectivity index (χ0) is 17.8. The highest BCUT2D eigenvalue weighted by molar-refractivity contribution is 7.13. The molecule has 0 bridgehead atoms. The van der Waals surface area contributed by atoms with Crippen molar-refractivity contribution in [3.63, 3.8) is 0 Å². The lowest BCUT2D eigenvalue weighted by Gasteiger charge is -2.08. The number of aromatic nitrogens is 1. The number of benzene rings is 1. The predicted molar refractivity (Wildman–Crippen MR) is 99.2 cm³/mol. The van der Waals surface area contributed by atoms with E-state index in [-0.39, 0.29) is 0 Å². The fraction of sp³-hybridized carbons (Fsp3) is 0.250. The summed E-state index contributed by atoms with van der Waals surface area (Å²) in [6.45, 7) is 4.13. The van der Waals surface area contributed by atoms with Crippen LogP contribution in [0.25, 0.3) is 0 Å². The third kappa shape index (κ3) is 7.12. The minimum atomic E-state index is 0.391. The number of hydrazine groups is 1. The fourth-order valence-electron chi connectivity index (χ4n) is 1.63. The van der Waals surface area contributed by atoms with Gasteiger partial charge in [-0.05, 0) is 24.3 Å². The van der Waals surface area contributed by atoms with Crippen LogP contribution >= 0.6 is 11.3 Å². The molecule has 24 heavy (non-hydrogen) atoms. The second-order valence-corrected chi connectivity index (χ2v) is 5.42. The summed E-state index contributed by atoms with van der Waals surface area (Å²) in [5.74, 6) is 5.50. The highest BCUT2D eigenvalue weighted by Gasteiger charge is 1.96. The molecular weight excluding hydrogens is 326 g/mol. The molecular formula is C16H23N5O2S. The van der Waals surface area contributed by atoms with Crippen LogP contribution in [-0.4, -0.2) is 32.0 Å². The van der Waals surface area contributed by atoms with E-state index in [4.69, 9.17) is 10.6 Å². The number of nitrogens with one attached hydrogen (secondary N) is 3. The standard InChI is InChI=1S/C11H17N3O.C5H6N2OS/c1-9(14-12)15-8-7-10-3-5-11(13-2)6-4-10;1-6-5-7-4(2-8)3-9-5/h3-6,13-14H,1,7-8,12H2,2H3;2-3H,1H3,(H,6,7). The average molecular weight is 349 g/mol. The van der Waals surface area contributed by atoms with Crippen LogP contribution in [0.15, 0.2) is 42.1 Å². The van der Waals surface area contributed by atoms with Crippen LogP contribution in [0.3, 0.4) is 0 Å². The van der Waals surface area contributed by atoms with Gasteiger partial charge in [0.05, 0.1) is 6.61 Å². The topological polar surface area (TPSA) is 101 Å². The van der Waals surface area contributed by atoms with Gasteiger partial charge in [0.15, 0.2) is 17.3 Å². The number of ether oxygens (including phenoxy) is 1. The first-order valence-electron chi connectivity index (χ1n) is 7.26. The van der Waals surface area contributed by atoms with Gasteiger partial charge in [0, 0.05) is 31.6 Å². The molecule has 7 nitrogen and oxygen atoms in total. The van der Waals surface area contributed by atoms with Crippen LogP contribution in [0, 0.1) is 0 Å². The monoisotopic (exact) mass is 349 g/mol. The van der Waals surface area contributed by atoms with Gasteiger partial charge in [-0.3, -0.25) is 10.2 Å². The molecule has 0 aliphatic carbocycles. The van der Waals surface area contributed by atoms with Crippen molar-refractivity contribution in [2.24, 2.45) is 5.84 Å². The first-order chi connectivity index (χ1) is 11.6. The van der Waals surface area contributed by atoms with E-state index in [2.05, 4.69) is 39.8 Å². The summed E-state index contributed by atoms with van der Waals surface area (Å²) in [4.78, 5) is 13.9. The summed E-state index contributed by atoms with van der Waals surface area (Å²) in [6.07, 6.45) is 1.57. The summed E-state index contributed by atoms with van der Waals surface area (Å²) in [5, 5.41) is 8.38. The first-order valence-corrected chi connectivity index (χ1v) is 8.14. The Hall–Kier alpha value is -2.58. The number of anilines is 2. The van der Waals surface area contributed by atoms with Gasteiger partial charge >= 0.3 is 0 Å². The number of rotatable bonds is 8. The van der Waals surface area contributed by atoms with E-state index in [1.807, 2.05) is 19.2 Å². The van der Waals surface area contributed by atoms with Crippen molar-refractivity contribution in [2.45, 2.75) is 6.42 Å². The number of nitrogens with zero attached hydrogens (tertiary/aromatic N) is 1. The minimum absolute atomic E-state index is 0.391.